The van der Waals surface area contributed by atoms with E-state index in [-0.39, 0.29) is 17.1 Å². The Morgan fingerprint density at radius 1 is 0.897 bits per heavy atom. The SMILES string of the molecule is COc1cc(F)c(C(=O)N2CCC3(CCCN(C(=O)c4ccc(Oc5ccc(Cl)cn5)cc4)C3)CC2)c(F)c1. The average molecular weight is 556 g/mol. The first-order valence-electron chi connectivity index (χ1n) is 12.8. The quantitative estimate of drug-likeness (QED) is 0.388. The topological polar surface area (TPSA) is 72.0 Å². The molecule has 204 valence electrons. The van der Waals surface area contributed by atoms with E-state index in [1.165, 1.54) is 18.2 Å². The lowest BCUT2D eigenvalue weighted by Crippen LogP contribution is -2.52. The van der Waals surface area contributed by atoms with Gasteiger partial charge in [-0.2, -0.15) is 0 Å². The van der Waals surface area contributed by atoms with Gasteiger partial charge in [0.25, 0.3) is 11.8 Å². The van der Waals surface area contributed by atoms with Gasteiger partial charge in [0.2, 0.25) is 5.88 Å². The van der Waals surface area contributed by atoms with Crippen LogP contribution in [0.3, 0.4) is 0 Å². The molecule has 0 bridgehead atoms. The van der Waals surface area contributed by atoms with Crippen LogP contribution >= 0.6 is 11.6 Å². The van der Waals surface area contributed by atoms with Gasteiger partial charge in [-0.15, -0.1) is 0 Å². The number of likely N-dealkylation sites (tertiary alicyclic amines) is 2. The Balaban J connectivity index is 1.20. The smallest absolute Gasteiger partial charge is 0.259 e. The van der Waals surface area contributed by atoms with Crippen LogP contribution in [0.5, 0.6) is 17.4 Å². The third-order valence-electron chi connectivity index (χ3n) is 7.55. The number of pyridine rings is 1. The molecular weight excluding hydrogens is 528 g/mol. The fourth-order valence-corrected chi connectivity index (χ4v) is 5.51. The Morgan fingerprint density at radius 3 is 2.21 bits per heavy atom. The number of methoxy groups -OCH3 is 1. The first-order chi connectivity index (χ1) is 18.8. The van der Waals surface area contributed by atoms with Gasteiger partial charge in [-0.25, -0.2) is 13.8 Å². The number of hydrogen-bond acceptors (Lipinski definition) is 5. The summed E-state index contributed by atoms with van der Waals surface area (Å²) in [5.74, 6) is -1.63. The number of aromatic nitrogens is 1. The molecule has 2 fully saturated rings. The lowest BCUT2D eigenvalue weighted by molar-refractivity contribution is 0.0198. The molecule has 10 heteroatoms. The molecule has 3 aromatic rings. The lowest BCUT2D eigenvalue weighted by atomic mass is 9.72. The van der Waals surface area contributed by atoms with Gasteiger partial charge >= 0.3 is 0 Å². The predicted molar refractivity (Wildman–Crippen MR) is 141 cm³/mol. The number of rotatable bonds is 5. The molecule has 2 amide bonds. The van der Waals surface area contributed by atoms with Gasteiger partial charge in [0, 0.05) is 56.1 Å². The van der Waals surface area contributed by atoms with Crippen molar-refractivity contribution in [3.8, 4) is 17.4 Å². The summed E-state index contributed by atoms with van der Waals surface area (Å²) in [7, 11) is 1.31. The van der Waals surface area contributed by atoms with E-state index >= 15 is 0 Å². The molecule has 2 aromatic carbocycles. The van der Waals surface area contributed by atoms with Gasteiger partial charge in [0.1, 0.15) is 28.7 Å². The van der Waals surface area contributed by atoms with Crippen LogP contribution in [0.4, 0.5) is 8.78 Å². The Kier molecular flexibility index (Phi) is 7.70. The van der Waals surface area contributed by atoms with Crippen LogP contribution in [0.15, 0.2) is 54.7 Å². The maximum absolute atomic E-state index is 14.5. The Bertz CT molecular complexity index is 1340. The van der Waals surface area contributed by atoms with Gasteiger partial charge in [0.15, 0.2) is 0 Å². The van der Waals surface area contributed by atoms with Crippen molar-refractivity contribution in [2.45, 2.75) is 25.7 Å². The number of hydrogen-bond donors (Lipinski definition) is 0. The molecule has 0 saturated carbocycles. The van der Waals surface area contributed by atoms with E-state index < -0.39 is 23.1 Å². The van der Waals surface area contributed by atoms with Crippen LogP contribution in [0.1, 0.15) is 46.4 Å². The Labute approximate surface area is 230 Å². The Morgan fingerprint density at radius 2 is 1.59 bits per heavy atom. The largest absolute Gasteiger partial charge is 0.497 e. The summed E-state index contributed by atoms with van der Waals surface area (Å²) in [6.07, 6.45) is 4.60. The van der Waals surface area contributed by atoms with Crippen LogP contribution < -0.4 is 9.47 Å². The van der Waals surface area contributed by atoms with E-state index in [1.807, 2.05) is 4.90 Å². The molecule has 1 aromatic heterocycles. The highest BCUT2D eigenvalue weighted by Gasteiger charge is 2.41. The summed E-state index contributed by atoms with van der Waals surface area (Å²) < 4.78 is 39.5. The number of carbonyl (C=O) groups excluding carboxylic acids is 2. The summed E-state index contributed by atoms with van der Waals surface area (Å²) in [6, 6.07) is 12.3. The predicted octanol–water partition coefficient (Wildman–Crippen LogP) is 5.97. The molecule has 2 aliphatic heterocycles. The molecule has 39 heavy (non-hydrogen) atoms. The molecular formula is C29H28ClF2N3O4. The van der Waals surface area contributed by atoms with E-state index in [4.69, 9.17) is 21.1 Å². The molecule has 5 rings (SSSR count). The minimum atomic E-state index is -0.938. The highest BCUT2D eigenvalue weighted by atomic mass is 35.5. The number of amides is 2. The van der Waals surface area contributed by atoms with Gasteiger partial charge < -0.3 is 19.3 Å². The highest BCUT2D eigenvalue weighted by molar-refractivity contribution is 6.30. The molecule has 0 atom stereocenters. The maximum atomic E-state index is 14.5. The Hall–Kier alpha value is -3.72. The van der Waals surface area contributed by atoms with Crippen LogP contribution in [-0.2, 0) is 0 Å². The minimum Gasteiger partial charge on any atom is -0.497 e. The zero-order valence-corrected chi connectivity index (χ0v) is 22.2. The van der Waals surface area contributed by atoms with Crippen LogP contribution in [0, 0.1) is 17.0 Å². The van der Waals surface area contributed by atoms with Crippen molar-refractivity contribution in [1.82, 2.24) is 14.8 Å². The first kappa shape index (κ1) is 26.9. The molecule has 3 heterocycles. The standard InChI is InChI=1S/C29H28ClF2N3O4/c1-38-22-15-23(31)26(24(32)16-22)28(37)34-13-10-29(11-14-34)9-2-12-35(18-29)27(36)19-3-6-21(7-4-19)39-25-8-5-20(30)17-33-25/h3-8,15-17H,2,9-14,18H2,1H3. The summed E-state index contributed by atoms with van der Waals surface area (Å²) in [5, 5.41) is 0.514. The van der Waals surface area contributed by atoms with Crippen molar-refractivity contribution < 1.29 is 27.8 Å². The van der Waals surface area contributed by atoms with Crippen LogP contribution in [0.25, 0.3) is 0 Å². The van der Waals surface area contributed by atoms with Crippen molar-refractivity contribution in [3.05, 3.63) is 82.5 Å². The first-order valence-corrected chi connectivity index (χ1v) is 13.2. The van der Waals surface area contributed by atoms with E-state index in [0.717, 1.165) is 25.0 Å². The van der Waals surface area contributed by atoms with E-state index in [2.05, 4.69) is 4.98 Å². The van der Waals surface area contributed by atoms with E-state index in [1.54, 1.807) is 36.4 Å². The molecule has 2 saturated heterocycles. The summed E-state index contributed by atoms with van der Waals surface area (Å²) in [4.78, 5) is 33.7. The number of halogens is 3. The van der Waals surface area contributed by atoms with Gasteiger partial charge in [0.05, 0.1) is 12.1 Å². The van der Waals surface area contributed by atoms with Gasteiger partial charge in [-0.3, -0.25) is 9.59 Å². The molecule has 0 radical (unpaired) electrons. The summed E-state index contributed by atoms with van der Waals surface area (Å²) >= 11 is 5.86. The number of piperidine rings is 2. The van der Waals surface area contributed by atoms with E-state index in [9.17, 15) is 18.4 Å². The average Bonchev–Trinajstić information content (AvgIpc) is 2.94. The van der Waals surface area contributed by atoms with Crippen molar-refractivity contribution in [2.75, 3.05) is 33.3 Å². The zero-order chi connectivity index (χ0) is 27.6. The number of nitrogens with zero attached hydrogens (tertiary/aromatic N) is 3. The maximum Gasteiger partial charge on any atom is 0.259 e. The molecule has 0 N–H and O–H groups in total. The van der Waals surface area contributed by atoms with Crippen LogP contribution in [0.2, 0.25) is 5.02 Å². The fraction of sp³-hybridized carbons (Fsp3) is 0.345. The number of carbonyl (C=O) groups is 2. The third-order valence-corrected chi connectivity index (χ3v) is 7.77. The van der Waals surface area contributed by atoms with Crippen molar-refractivity contribution in [2.24, 2.45) is 5.41 Å². The second-order valence-corrected chi connectivity index (χ2v) is 10.5. The second kappa shape index (κ2) is 11.2. The molecule has 7 nitrogen and oxygen atoms in total. The monoisotopic (exact) mass is 555 g/mol. The van der Waals surface area contributed by atoms with Crippen molar-refractivity contribution >= 4 is 23.4 Å². The third kappa shape index (κ3) is 5.83. The number of ether oxygens (including phenoxy) is 2. The minimum absolute atomic E-state index is 0.0202. The summed E-state index contributed by atoms with van der Waals surface area (Å²) in [6.45, 7) is 1.97. The number of benzene rings is 2. The van der Waals surface area contributed by atoms with Crippen LogP contribution in [-0.4, -0.2) is 59.9 Å². The fourth-order valence-electron chi connectivity index (χ4n) is 5.40. The lowest BCUT2D eigenvalue weighted by Gasteiger charge is -2.47. The summed E-state index contributed by atoms with van der Waals surface area (Å²) in [5.41, 5.74) is -0.140. The molecule has 1 spiro atoms. The van der Waals surface area contributed by atoms with Gasteiger partial charge in [-0.05, 0) is 61.4 Å². The molecule has 0 aliphatic carbocycles. The second-order valence-electron chi connectivity index (χ2n) is 10.0. The normalized spacial score (nSPS) is 16.7. The van der Waals surface area contributed by atoms with E-state index in [0.29, 0.717) is 61.2 Å². The molecule has 0 unspecified atom stereocenters. The van der Waals surface area contributed by atoms with Crippen molar-refractivity contribution in [3.63, 3.8) is 0 Å². The highest BCUT2D eigenvalue weighted by Crippen LogP contribution is 2.41. The van der Waals surface area contributed by atoms with Gasteiger partial charge in [-0.1, -0.05) is 11.6 Å². The van der Waals surface area contributed by atoms with Crippen molar-refractivity contribution in [1.29, 1.82) is 0 Å². The molecule has 2 aliphatic rings. The zero-order valence-electron chi connectivity index (χ0n) is 21.5.